The van der Waals surface area contributed by atoms with Crippen molar-refractivity contribution in [2.24, 2.45) is 5.73 Å². The Morgan fingerprint density at radius 3 is 2.59 bits per heavy atom. The standard InChI is InChI=1S/C12H15NO3S/c13-11(5-12(14)15)8-1-3-9(4-2-8)16-10-6-17-7-10/h1-4,10-11H,5-7,13H2,(H,14,15). The lowest BCUT2D eigenvalue weighted by Gasteiger charge is -2.26. The van der Waals surface area contributed by atoms with Gasteiger partial charge in [0.25, 0.3) is 0 Å². The second-order valence-corrected chi connectivity index (χ2v) is 5.13. The van der Waals surface area contributed by atoms with Crippen LogP contribution in [0.4, 0.5) is 0 Å². The Bertz CT molecular complexity index is 389. The van der Waals surface area contributed by atoms with Crippen LogP contribution in [0.2, 0.25) is 0 Å². The summed E-state index contributed by atoms with van der Waals surface area (Å²) >= 11 is 1.87. The Labute approximate surface area is 104 Å². The van der Waals surface area contributed by atoms with Crippen molar-refractivity contribution < 1.29 is 14.6 Å². The van der Waals surface area contributed by atoms with Crippen LogP contribution in [0.25, 0.3) is 0 Å². The van der Waals surface area contributed by atoms with Crippen LogP contribution in [0.5, 0.6) is 5.75 Å². The normalized spacial score (nSPS) is 17.2. The highest BCUT2D eigenvalue weighted by atomic mass is 32.2. The summed E-state index contributed by atoms with van der Waals surface area (Å²) in [6.07, 6.45) is 0.262. The number of thioether (sulfide) groups is 1. The van der Waals surface area contributed by atoms with E-state index in [0.29, 0.717) is 6.10 Å². The van der Waals surface area contributed by atoms with Gasteiger partial charge in [0.15, 0.2) is 0 Å². The number of benzene rings is 1. The molecule has 0 bridgehead atoms. The van der Waals surface area contributed by atoms with Gasteiger partial charge in [0, 0.05) is 17.5 Å². The molecule has 1 atom stereocenters. The fourth-order valence-electron chi connectivity index (χ4n) is 1.57. The average molecular weight is 253 g/mol. The number of carboxylic acids is 1. The van der Waals surface area contributed by atoms with Crippen LogP contribution < -0.4 is 10.5 Å². The number of carbonyl (C=O) groups is 1. The molecular weight excluding hydrogens is 238 g/mol. The van der Waals surface area contributed by atoms with Gasteiger partial charge in [-0.05, 0) is 17.7 Å². The minimum atomic E-state index is -0.885. The third-order valence-electron chi connectivity index (χ3n) is 2.61. The molecule has 1 aliphatic rings. The second-order valence-electron chi connectivity index (χ2n) is 4.05. The second kappa shape index (κ2) is 5.42. The molecule has 2 rings (SSSR count). The van der Waals surface area contributed by atoms with Gasteiger partial charge in [-0.3, -0.25) is 4.79 Å². The van der Waals surface area contributed by atoms with E-state index in [-0.39, 0.29) is 6.42 Å². The molecule has 92 valence electrons. The van der Waals surface area contributed by atoms with E-state index in [9.17, 15) is 4.79 Å². The molecule has 4 nitrogen and oxygen atoms in total. The molecule has 1 unspecified atom stereocenters. The molecule has 17 heavy (non-hydrogen) atoms. The van der Waals surface area contributed by atoms with Crippen molar-refractivity contribution in [3.63, 3.8) is 0 Å². The monoisotopic (exact) mass is 253 g/mol. The van der Waals surface area contributed by atoms with Gasteiger partial charge in [-0.25, -0.2) is 0 Å². The first kappa shape index (κ1) is 12.3. The quantitative estimate of drug-likeness (QED) is 0.835. The molecule has 0 spiro atoms. The van der Waals surface area contributed by atoms with Crippen LogP contribution in [-0.2, 0) is 4.79 Å². The van der Waals surface area contributed by atoms with Crippen molar-refractivity contribution in [3.05, 3.63) is 29.8 Å². The molecule has 5 heteroatoms. The molecular formula is C12H15NO3S. The van der Waals surface area contributed by atoms with E-state index in [1.807, 2.05) is 36.0 Å². The van der Waals surface area contributed by atoms with Crippen LogP contribution in [0.15, 0.2) is 24.3 Å². The Balaban J connectivity index is 1.94. The van der Waals surface area contributed by atoms with Crippen LogP contribution in [0.3, 0.4) is 0 Å². The van der Waals surface area contributed by atoms with Crippen molar-refractivity contribution >= 4 is 17.7 Å². The lowest BCUT2D eigenvalue weighted by molar-refractivity contribution is -0.137. The minimum absolute atomic E-state index is 0.0561. The van der Waals surface area contributed by atoms with Gasteiger partial charge in [-0.2, -0.15) is 11.8 Å². The zero-order valence-electron chi connectivity index (χ0n) is 9.33. The number of carboxylic acid groups (broad SMARTS) is 1. The molecule has 1 saturated heterocycles. The summed E-state index contributed by atoms with van der Waals surface area (Å²) in [5, 5.41) is 8.65. The maximum Gasteiger partial charge on any atom is 0.305 e. The predicted molar refractivity (Wildman–Crippen MR) is 67.4 cm³/mol. The summed E-state index contributed by atoms with van der Waals surface area (Å²) in [4.78, 5) is 10.5. The van der Waals surface area contributed by atoms with Crippen molar-refractivity contribution in [1.29, 1.82) is 0 Å². The maximum absolute atomic E-state index is 10.5. The number of aliphatic carboxylic acids is 1. The molecule has 0 saturated carbocycles. The van der Waals surface area contributed by atoms with Crippen molar-refractivity contribution in [2.75, 3.05) is 11.5 Å². The molecule has 3 N–H and O–H groups in total. The van der Waals surface area contributed by atoms with E-state index in [4.69, 9.17) is 15.6 Å². The van der Waals surface area contributed by atoms with Gasteiger partial charge in [-0.1, -0.05) is 12.1 Å². The molecule has 0 aromatic heterocycles. The Kier molecular flexibility index (Phi) is 3.91. The van der Waals surface area contributed by atoms with Gasteiger partial charge in [0.2, 0.25) is 0 Å². The molecule has 1 heterocycles. The molecule has 0 amide bonds. The smallest absolute Gasteiger partial charge is 0.305 e. The molecule has 1 aromatic rings. The Morgan fingerprint density at radius 1 is 1.47 bits per heavy atom. The number of rotatable bonds is 5. The minimum Gasteiger partial charge on any atom is -0.489 e. The number of hydrogen-bond donors (Lipinski definition) is 2. The van der Waals surface area contributed by atoms with E-state index >= 15 is 0 Å². The summed E-state index contributed by atoms with van der Waals surface area (Å²) in [6, 6.07) is 6.89. The number of ether oxygens (including phenoxy) is 1. The summed E-state index contributed by atoms with van der Waals surface area (Å²) in [6.45, 7) is 0. The average Bonchev–Trinajstić information content (AvgIpc) is 2.23. The predicted octanol–water partition coefficient (Wildman–Crippen LogP) is 1.66. The largest absolute Gasteiger partial charge is 0.489 e. The molecule has 0 radical (unpaired) electrons. The van der Waals surface area contributed by atoms with Gasteiger partial charge < -0.3 is 15.6 Å². The van der Waals surface area contributed by atoms with Crippen molar-refractivity contribution in [2.45, 2.75) is 18.6 Å². The summed E-state index contributed by atoms with van der Waals surface area (Å²) < 4.78 is 5.69. The van der Waals surface area contributed by atoms with Gasteiger partial charge in [0.1, 0.15) is 11.9 Å². The number of nitrogens with two attached hydrogens (primary N) is 1. The molecule has 0 aliphatic carbocycles. The van der Waals surface area contributed by atoms with Crippen LogP contribution >= 0.6 is 11.8 Å². The fourth-order valence-corrected chi connectivity index (χ4v) is 2.14. The first-order valence-electron chi connectivity index (χ1n) is 5.47. The Hall–Kier alpha value is -1.20. The third-order valence-corrected chi connectivity index (χ3v) is 3.83. The fraction of sp³-hybridized carbons (Fsp3) is 0.417. The first-order chi connectivity index (χ1) is 8.15. The van der Waals surface area contributed by atoms with Crippen LogP contribution in [0, 0.1) is 0 Å². The Morgan fingerprint density at radius 2 is 2.12 bits per heavy atom. The summed E-state index contributed by atoms with van der Waals surface area (Å²) in [5.41, 5.74) is 6.58. The van der Waals surface area contributed by atoms with E-state index in [0.717, 1.165) is 22.8 Å². The molecule has 1 fully saturated rings. The van der Waals surface area contributed by atoms with Crippen molar-refractivity contribution in [3.8, 4) is 5.75 Å². The molecule has 1 aromatic carbocycles. The third kappa shape index (κ3) is 3.38. The van der Waals surface area contributed by atoms with Crippen LogP contribution in [-0.4, -0.2) is 28.7 Å². The zero-order chi connectivity index (χ0) is 12.3. The van der Waals surface area contributed by atoms with E-state index in [2.05, 4.69) is 0 Å². The topological polar surface area (TPSA) is 72.6 Å². The van der Waals surface area contributed by atoms with Crippen LogP contribution in [0.1, 0.15) is 18.0 Å². The van der Waals surface area contributed by atoms with Crippen molar-refractivity contribution in [1.82, 2.24) is 0 Å². The summed E-state index contributed by atoms with van der Waals surface area (Å²) in [5.74, 6) is 2.02. The van der Waals surface area contributed by atoms with E-state index < -0.39 is 12.0 Å². The van der Waals surface area contributed by atoms with Gasteiger partial charge >= 0.3 is 5.97 Å². The highest BCUT2D eigenvalue weighted by Gasteiger charge is 2.19. The highest BCUT2D eigenvalue weighted by molar-refractivity contribution is 8.00. The van der Waals surface area contributed by atoms with Gasteiger partial charge in [-0.15, -0.1) is 0 Å². The SMILES string of the molecule is NC(CC(=O)O)c1ccc(OC2CSC2)cc1. The highest BCUT2D eigenvalue weighted by Crippen LogP contribution is 2.25. The molecule has 1 aliphatic heterocycles. The van der Waals surface area contributed by atoms with E-state index in [1.54, 1.807) is 0 Å². The summed E-state index contributed by atoms with van der Waals surface area (Å²) in [7, 11) is 0. The van der Waals surface area contributed by atoms with E-state index in [1.165, 1.54) is 0 Å². The number of hydrogen-bond acceptors (Lipinski definition) is 4. The van der Waals surface area contributed by atoms with Gasteiger partial charge in [0.05, 0.1) is 6.42 Å². The first-order valence-corrected chi connectivity index (χ1v) is 6.62. The zero-order valence-corrected chi connectivity index (χ0v) is 10.2. The maximum atomic E-state index is 10.5. The lowest BCUT2D eigenvalue weighted by Crippen LogP contribution is -2.31. The lowest BCUT2D eigenvalue weighted by atomic mass is 10.0.